The Kier molecular flexibility index (Phi) is 5.41. The Morgan fingerprint density at radius 3 is 2.44 bits per heavy atom. The third-order valence-corrected chi connectivity index (χ3v) is 3.27. The van der Waals surface area contributed by atoms with E-state index in [1.54, 1.807) is 11.9 Å². The van der Waals surface area contributed by atoms with Crippen LogP contribution in [0.1, 0.15) is 33.6 Å². The summed E-state index contributed by atoms with van der Waals surface area (Å²) in [6.07, 6.45) is 1.63. The quantitative estimate of drug-likeness (QED) is 0.826. The summed E-state index contributed by atoms with van der Waals surface area (Å²) >= 11 is 0. The highest BCUT2D eigenvalue weighted by Crippen LogP contribution is 2.18. The molecule has 5 heteroatoms. The van der Waals surface area contributed by atoms with Crippen molar-refractivity contribution in [2.45, 2.75) is 45.3 Å². The fourth-order valence-electron chi connectivity index (χ4n) is 2.39. The molecular weight excluding hydrogens is 232 g/mol. The van der Waals surface area contributed by atoms with E-state index < -0.39 is 5.60 Å². The number of hydrogen-bond acceptors (Lipinski definition) is 4. The molecule has 1 aliphatic heterocycles. The van der Waals surface area contributed by atoms with Crippen LogP contribution >= 0.6 is 0 Å². The Labute approximate surface area is 110 Å². The van der Waals surface area contributed by atoms with E-state index in [0.717, 1.165) is 25.9 Å². The fourth-order valence-corrected chi connectivity index (χ4v) is 2.39. The van der Waals surface area contributed by atoms with Crippen LogP contribution in [-0.2, 0) is 4.74 Å². The van der Waals surface area contributed by atoms with E-state index in [0.29, 0.717) is 13.2 Å². The fraction of sp³-hybridized carbons (Fsp3) is 0.923. The van der Waals surface area contributed by atoms with Crippen LogP contribution in [0, 0.1) is 0 Å². The summed E-state index contributed by atoms with van der Waals surface area (Å²) in [6.45, 7) is 8.39. The SMILES string of the molecule is CCOC(=O)N(C)C1CCN(CC(C)(C)O)CC1. The van der Waals surface area contributed by atoms with E-state index in [2.05, 4.69) is 4.90 Å². The Bertz CT molecular complexity index is 268. The second-order valence-electron chi connectivity index (χ2n) is 5.63. The van der Waals surface area contributed by atoms with Gasteiger partial charge in [-0.2, -0.15) is 0 Å². The van der Waals surface area contributed by atoms with Crippen molar-refractivity contribution >= 4 is 6.09 Å². The van der Waals surface area contributed by atoms with Gasteiger partial charge in [0.25, 0.3) is 0 Å². The van der Waals surface area contributed by atoms with Crippen molar-refractivity contribution < 1.29 is 14.6 Å². The number of ether oxygens (including phenoxy) is 1. The van der Waals surface area contributed by atoms with Crippen LogP contribution in [0.4, 0.5) is 4.79 Å². The summed E-state index contributed by atoms with van der Waals surface area (Å²) < 4.78 is 5.00. The standard InChI is InChI=1S/C13H26N2O3/c1-5-18-12(16)14(4)11-6-8-15(9-7-11)10-13(2,3)17/h11,17H,5-10H2,1-4H3. The van der Waals surface area contributed by atoms with Gasteiger partial charge in [0.1, 0.15) is 0 Å². The Morgan fingerprint density at radius 2 is 2.00 bits per heavy atom. The molecule has 1 heterocycles. The molecule has 0 unspecified atom stereocenters. The number of likely N-dealkylation sites (tertiary alicyclic amines) is 1. The molecule has 106 valence electrons. The average molecular weight is 258 g/mol. The van der Waals surface area contributed by atoms with Gasteiger partial charge in [-0.05, 0) is 33.6 Å². The van der Waals surface area contributed by atoms with Gasteiger partial charge in [-0.3, -0.25) is 0 Å². The highest BCUT2D eigenvalue weighted by atomic mass is 16.6. The van der Waals surface area contributed by atoms with Gasteiger partial charge in [0.15, 0.2) is 0 Å². The molecular formula is C13H26N2O3. The van der Waals surface area contributed by atoms with Gasteiger partial charge in [0, 0.05) is 32.7 Å². The summed E-state index contributed by atoms with van der Waals surface area (Å²) in [5, 5.41) is 9.78. The first kappa shape index (κ1) is 15.2. The van der Waals surface area contributed by atoms with Gasteiger partial charge in [0.2, 0.25) is 0 Å². The molecule has 0 aromatic carbocycles. The molecule has 1 rings (SSSR count). The smallest absolute Gasteiger partial charge is 0.409 e. The van der Waals surface area contributed by atoms with Crippen molar-refractivity contribution in [3.05, 3.63) is 0 Å². The van der Waals surface area contributed by atoms with Crippen LogP contribution in [-0.4, -0.2) is 65.9 Å². The first-order chi connectivity index (χ1) is 8.33. The van der Waals surface area contributed by atoms with Gasteiger partial charge in [-0.25, -0.2) is 4.79 Å². The van der Waals surface area contributed by atoms with Crippen molar-refractivity contribution in [3.63, 3.8) is 0 Å². The highest BCUT2D eigenvalue weighted by Gasteiger charge is 2.28. The molecule has 0 aliphatic carbocycles. The van der Waals surface area contributed by atoms with Gasteiger partial charge in [-0.15, -0.1) is 0 Å². The maximum absolute atomic E-state index is 11.6. The van der Waals surface area contributed by atoms with Crippen LogP contribution in [0.2, 0.25) is 0 Å². The molecule has 0 bridgehead atoms. The number of hydrogen-bond donors (Lipinski definition) is 1. The lowest BCUT2D eigenvalue weighted by molar-refractivity contribution is 0.0183. The number of β-amino-alcohol motifs (C(OH)–C–C–N with tert-alkyl or cyclic N) is 1. The zero-order chi connectivity index (χ0) is 13.8. The van der Waals surface area contributed by atoms with E-state index in [9.17, 15) is 9.90 Å². The minimum absolute atomic E-state index is 0.238. The molecule has 0 atom stereocenters. The molecule has 1 aliphatic rings. The van der Waals surface area contributed by atoms with Crippen molar-refractivity contribution in [2.24, 2.45) is 0 Å². The zero-order valence-corrected chi connectivity index (χ0v) is 12.0. The summed E-state index contributed by atoms with van der Waals surface area (Å²) in [5.41, 5.74) is -0.653. The van der Waals surface area contributed by atoms with Crippen molar-refractivity contribution in [3.8, 4) is 0 Å². The van der Waals surface area contributed by atoms with E-state index in [-0.39, 0.29) is 12.1 Å². The number of carbonyl (C=O) groups excluding carboxylic acids is 1. The van der Waals surface area contributed by atoms with E-state index in [4.69, 9.17) is 4.74 Å². The zero-order valence-electron chi connectivity index (χ0n) is 12.0. The molecule has 1 saturated heterocycles. The van der Waals surface area contributed by atoms with E-state index in [1.165, 1.54) is 0 Å². The minimum atomic E-state index is -0.653. The third-order valence-electron chi connectivity index (χ3n) is 3.27. The average Bonchev–Trinajstić information content (AvgIpc) is 2.27. The lowest BCUT2D eigenvalue weighted by atomic mass is 10.0. The number of nitrogens with zero attached hydrogens (tertiary/aromatic N) is 2. The maximum Gasteiger partial charge on any atom is 0.409 e. The first-order valence-corrected chi connectivity index (χ1v) is 6.68. The molecule has 0 aromatic rings. The molecule has 0 saturated carbocycles. The van der Waals surface area contributed by atoms with Crippen molar-refractivity contribution in [2.75, 3.05) is 33.3 Å². The Morgan fingerprint density at radius 1 is 1.44 bits per heavy atom. The predicted octanol–water partition coefficient (Wildman–Crippen LogP) is 1.31. The lowest BCUT2D eigenvalue weighted by Crippen LogP contribution is -2.48. The summed E-state index contributed by atoms with van der Waals surface area (Å²) in [6, 6.07) is 0.252. The molecule has 1 fully saturated rings. The Hall–Kier alpha value is -0.810. The molecule has 1 N–H and O–H groups in total. The summed E-state index contributed by atoms with van der Waals surface area (Å²) in [5.74, 6) is 0. The molecule has 1 amide bonds. The number of piperidine rings is 1. The van der Waals surface area contributed by atoms with E-state index >= 15 is 0 Å². The molecule has 18 heavy (non-hydrogen) atoms. The normalized spacial score (nSPS) is 18.7. The van der Waals surface area contributed by atoms with Crippen LogP contribution in [0.3, 0.4) is 0 Å². The van der Waals surface area contributed by atoms with E-state index in [1.807, 2.05) is 20.8 Å². The van der Waals surface area contributed by atoms with Crippen LogP contribution in [0.5, 0.6) is 0 Å². The molecule has 5 nitrogen and oxygen atoms in total. The monoisotopic (exact) mass is 258 g/mol. The number of aliphatic hydroxyl groups is 1. The second-order valence-corrected chi connectivity index (χ2v) is 5.63. The number of rotatable bonds is 4. The van der Waals surface area contributed by atoms with Crippen molar-refractivity contribution in [1.29, 1.82) is 0 Å². The largest absolute Gasteiger partial charge is 0.450 e. The van der Waals surface area contributed by atoms with Crippen LogP contribution in [0.25, 0.3) is 0 Å². The van der Waals surface area contributed by atoms with Crippen molar-refractivity contribution in [1.82, 2.24) is 9.80 Å². The molecule has 0 aromatic heterocycles. The van der Waals surface area contributed by atoms with Crippen LogP contribution < -0.4 is 0 Å². The number of amides is 1. The molecule has 0 radical (unpaired) electrons. The van der Waals surface area contributed by atoms with Gasteiger partial charge in [-0.1, -0.05) is 0 Å². The van der Waals surface area contributed by atoms with Gasteiger partial charge >= 0.3 is 6.09 Å². The molecule has 0 spiro atoms. The summed E-state index contributed by atoms with van der Waals surface area (Å²) in [7, 11) is 1.80. The van der Waals surface area contributed by atoms with Gasteiger partial charge in [0.05, 0.1) is 12.2 Å². The van der Waals surface area contributed by atoms with Gasteiger partial charge < -0.3 is 19.6 Å². The highest BCUT2D eigenvalue weighted by molar-refractivity contribution is 5.67. The first-order valence-electron chi connectivity index (χ1n) is 6.68. The summed E-state index contributed by atoms with van der Waals surface area (Å²) in [4.78, 5) is 15.5. The Balaban J connectivity index is 2.37. The number of carbonyl (C=O) groups is 1. The minimum Gasteiger partial charge on any atom is -0.450 e. The maximum atomic E-state index is 11.6. The topological polar surface area (TPSA) is 53.0 Å². The lowest BCUT2D eigenvalue weighted by Gasteiger charge is -2.38. The predicted molar refractivity (Wildman–Crippen MR) is 70.5 cm³/mol. The van der Waals surface area contributed by atoms with Crippen LogP contribution in [0.15, 0.2) is 0 Å². The second kappa shape index (κ2) is 6.38. The third kappa shape index (κ3) is 4.82.